The van der Waals surface area contributed by atoms with Crippen LogP contribution in [0.3, 0.4) is 0 Å². The third kappa shape index (κ3) is 4.32. The van der Waals surface area contributed by atoms with Crippen molar-refractivity contribution in [2.75, 3.05) is 17.2 Å². The quantitative estimate of drug-likeness (QED) is 0.856. The van der Waals surface area contributed by atoms with Crippen LogP contribution in [0, 0.1) is 0 Å². The van der Waals surface area contributed by atoms with Crippen molar-refractivity contribution < 1.29 is 9.53 Å². The van der Waals surface area contributed by atoms with Crippen LogP contribution in [-0.4, -0.2) is 29.6 Å². The minimum Gasteiger partial charge on any atom is -0.383 e. The maximum Gasteiger partial charge on any atom is 0.253 e. The van der Waals surface area contributed by atoms with Gasteiger partial charge < -0.3 is 15.4 Å². The number of nitrogens with zero attached hydrogens (tertiary/aromatic N) is 1. The number of para-hydroxylation sites is 2. The summed E-state index contributed by atoms with van der Waals surface area (Å²) in [5.41, 5.74) is 2.74. The van der Waals surface area contributed by atoms with Gasteiger partial charge in [-0.05, 0) is 44.0 Å². The number of ether oxygens (including phenoxy) is 1. The zero-order chi connectivity index (χ0) is 16.8. The summed E-state index contributed by atoms with van der Waals surface area (Å²) in [5, 5.41) is 6.35. The lowest BCUT2D eigenvalue weighted by Gasteiger charge is -2.15. The molecule has 1 amide bonds. The summed E-state index contributed by atoms with van der Waals surface area (Å²) in [6.07, 6.45) is 4.15. The highest BCUT2D eigenvalue weighted by atomic mass is 16.5. The minimum absolute atomic E-state index is 0.0710. The van der Waals surface area contributed by atoms with Crippen molar-refractivity contribution in [3.8, 4) is 0 Å². The lowest BCUT2D eigenvalue weighted by Crippen LogP contribution is -2.28. The number of carbonyl (C=O) groups excluding carboxylic acids is 1. The Balaban J connectivity index is 1.57. The van der Waals surface area contributed by atoms with Gasteiger partial charge in [-0.15, -0.1) is 0 Å². The summed E-state index contributed by atoms with van der Waals surface area (Å²) in [7, 11) is 0. The van der Waals surface area contributed by atoms with Gasteiger partial charge in [0.05, 0.1) is 17.5 Å². The maximum atomic E-state index is 12.3. The Bertz CT molecular complexity index is 675. The van der Waals surface area contributed by atoms with Crippen molar-refractivity contribution in [1.29, 1.82) is 0 Å². The lowest BCUT2D eigenvalue weighted by atomic mass is 10.2. The molecule has 24 heavy (non-hydrogen) atoms. The highest BCUT2D eigenvalue weighted by Gasteiger charge is 2.28. The van der Waals surface area contributed by atoms with E-state index in [1.54, 1.807) is 6.20 Å². The summed E-state index contributed by atoms with van der Waals surface area (Å²) in [5.74, 6) is -0.0710. The van der Waals surface area contributed by atoms with Crippen LogP contribution < -0.4 is 10.6 Å². The Morgan fingerprint density at radius 1 is 1.17 bits per heavy atom. The van der Waals surface area contributed by atoms with E-state index in [4.69, 9.17) is 4.74 Å². The molecule has 1 aromatic heterocycles. The van der Waals surface area contributed by atoms with Crippen LogP contribution >= 0.6 is 0 Å². The topological polar surface area (TPSA) is 63.2 Å². The molecule has 0 radical (unpaired) electrons. The number of benzene rings is 1. The average Bonchev–Trinajstić information content (AvgIpc) is 3.04. The molecular formula is C19H23N3O2. The van der Waals surface area contributed by atoms with E-state index in [9.17, 15) is 4.79 Å². The molecule has 0 unspecified atom stereocenters. The molecule has 0 saturated carbocycles. The van der Waals surface area contributed by atoms with E-state index < -0.39 is 0 Å². The molecule has 5 nitrogen and oxygen atoms in total. The molecule has 126 valence electrons. The first kappa shape index (κ1) is 16.5. The molecule has 2 N–H and O–H groups in total. The Morgan fingerprint density at radius 2 is 1.96 bits per heavy atom. The second kappa shape index (κ2) is 7.93. The van der Waals surface area contributed by atoms with Crippen molar-refractivity contribution in [2.45, 2.75) is 38.4 Å². The average molecular weight is 325 g/mol. The molecule has 1 aliphatic heterocycles. The number of aromatic nitrogens is 1. The molecule has 1 fully saturated rings. The van der Waals surface area contributed by atoms with Crippen LogP contribution in [0.4, 0.5) is 11.4 Å². The molecule has 1 saturated heterocycles. The largest absolute Gasteiger partial charge is 0.383 e. The Morgan fingerprint density at radius 3 is 2.67 bits per heavy atom. The van der Waals surface area contributed by atoms with Gasteiger partial charge in [-0.3, -0.25) is 9.78 Å². The third-order valence-electron chi connectivity index (χ3n) is 4.13. The first-order valence-corrected chi connectivity index (χ1v) is 8.41. The molecule has 5 heteroatoms. The molecule has 0 aliphatic carbocycles. The van der Waals surface area contributed by atoms with Crippen LogP contribution in [-0.2, 0) is 16.0 Å². The highest BCUT2D eigenvalue weighted by Crippen LogP contribution is 2.24. The van der Waals surface area contributed by atoms with Crippen LogP contribution in [0.5, 0.6) is 0 Å². The predicted molar refractivity (Wildman–Crippen MR) is 95.1 cm³/mol. The van der Waals surface area contributed by atoms with Gasteiger partial charge in [0.25, 0.3) is 5.91 Å². The maximum absolute atomic E-state index is 12.3. The number of pyridine rings is 1. The number of anilines is 2. The SMILES string of the molecule is C[C@@H]1CC[C@H](C(=O)Nc2ccccc2NCCc2ccccn2)O1. The number of hydrogen-bond acceptors (Lipinski definition) is 4. The second-order valence-electron chi connectivity index (χ2n) is 6.05. The normalized spacial score (nSPS) is 19.9. The van der Waals surface area contributed by atoms with Crippen LogP contribution in [0.25, 0.3) is 0 Å². The Labute approximate surface area is 142 Å². The van der Waals surface area contributed by atoms with Crippen molar-refractivity contribution in [2.24, 2.45) is 0 Å². The van der Waals surface area contributed by atoms with E-state index in [1.165, 1.54) is 0 Å². The number of carbonyl (C=O) groups is 1. The molecule has 2 heterocycles. The van der Waals surface area contributed by atoms with Gasteiger partial charge in [-0.25, -0.2) is 0 Å². The highest BCUT2D eigenvalue weighted by molar-refractivity contribution is 5.97. The monoisotopic (exact) mass is 325 g/mol. The summed E-state index contributed by atoms with van der Waals surface area (Å²) in [4.78, 5) is 16.6. The molecule has 2 aromatic rings. The minimum atomic E-state index is -0.346. The third-order valence-corrected chi connectivity index (χ3v) is 4.13. The summed E-state index contributed by atoms with van der Waals surface area (Å²) in [6.45, 7) is 2.75. The first-order chi connectivity index (χ1) is 11.7. The summed E-state index contributed by atoms with van der Waals surface area (Å²) in [6, 6.07) is 13.6. The predicted octanol–water partition coefficient (Wildman–Crippen LogP) is 3.24. The van der Waals surface area contributed by atoms with E-state index >= 15 is 0 Å². The van der Waals surface area contributed by atoms with Crippen LogP contribution in [0.15, 0.2) is 48.7 Å². The van der Waals surface area contributed by atoms with E-state index in [0.717, 1.165) is 42.9 Å². The second-order valence-corrected chi connectivity index (χ2v) is 6.05. The number of hydrogen-bond donors (Lipinski definition) is 2. The fourth-order valence-electron chi connectivity index (χ4n) is 2.83. The number of rotatable bonds is 6. The Kier molecular flexibility index (Phi) is 5.43. The molecule has 2 atom stereocenters. The molecular weight excluding hydrogens is 302 g/mol. The van der Waals surface area contributed by atoms with Crippen molar-refractivity contribution in [1.82, 2.24) is 4.98 Å². The summed E-state index contributed by atoms with van der Waals surface area (Å²) >= 11 is 0. The standard InChI is InChI=1S/C19H23N3O2/c1-14-9-10-18(24-14)19(23)22-17-8-3-2-7-16(17)21-13-11-15-6-4-5-12-20-15/h2-8,12,14,18,21H,9-11,13H2,1H3,(H,22,23)/t14-,18-/m1/s1. The zero-order valence-corrected chi connectivity index (χ0v) is 13.9. The molecule has 1 aromatic carbocycles. The fraction of sp³-hybridized carbons (Fsp3) is 0.368. The molecule has 0 bridgehead atoms. The van der Waals surface area contributed by atoms with Crippen molar-refractivity contribution >= 4 is 17.3 Å². The number of amides is 1. The van der Waals surface area contributed by atoms with Gasteiger partial charge in [0.15, 0.2) is 0 Å². The smallest absolute Gasteiger partial charge is 0.253 e. The van der Waals surface area contributed by atoms with E-state index in [1.807, 2.05) is 49.4 Å². The molecule has 3 rings (SSSR count). The molecule has 0 spiro atoms. The van der Waals surface area contributed by atoms with Gasteiger partial charge in [-0.1, -0.05) is 18.2 Å². The lowest BCUT2D eigenvalue weighted by molar-refractivity contribution is -0.126. The van der Waals surface area contributed by atoms with Gasteiger partial charge in [0, 0.05) is 24.9 Å². The Hall–Kier alpha value is -2.40. The van der Waals surface area contributed by atoms with Crippen LogP contribution in [0.2, 0.25) is 0 Å². The van der Waals surface area contributed by atoms with Gasteiger partial charge in [-0.2, -0.15) is 0 Å². The fourth-order valence-corrected chi connectivity index (χ4v) is 2.83. The van der Waals surface area contributed by atoms with E-state index in [0.29, 0.717) is 0 Å². The van der Waals surface area contributed by atoms with Crippen LogP contribution in [0.1, 0.15) is 25.5 Å². The number of nitrogens with one attached hydrogen (secondary N) is 2. The molecule has 1 aliphatic rings. The first-order valence-electron chi connectivity index (χ1n) is 8.41. The van der Waals surface area contributed by atoms with Gasteiger partial charge >= 0.3 is 0 Å². The van der Waals surface area contributed by atoms with Crippen molar-refractivity contribution in [3.63, 3.8) is 0 Å². The summed E-state index contributed by atoms with van der Waals surface area (Å²) < 4.78 is 5.63. The van der Waals surface area contributed by atoms with E-state index in [-0.39, 0.29) is 18.1 Å². The van der Waals surface area contributed by atoms with Gasteiger partial charge in [0.2, 0.25) is 0 Å². The van der Waals surface area contributed by atoms with E-state index in [2.05, 4.69) is 15.6 Å². The van der Waals surface area contributed by atoms with Gasteiger partial charge in [0.1, 0.15) is 6.10 Å². The zero-order valence-electron chi connectivity index (χ0n) is 13.9. The van der Waals surface area contributed by atoms with Crippen molar-refractivity contribution in [3.05, 3.63) is 54.4 Å².